The number of alkyl halides is 3. The highest BCUT2D eigenvalue weighted by atomic mass is 19.4. The van der Waals surface area contributed by atoms with E-state index in [0.29, 0.717) is 0 Å². The van der Waals surface area contributed by atoms with Crippen LogP contribution < -0.4 is 0 Å². The van der Waals surface area contributed by atoms with Crippen LogP contribution in [0.5, 0.6) is 0 Å². The van der Waals surface area contributed by atoms with E-state index >= 15 is 0 Å². The third-order valence-corrected chi connectivity index (χ3v) is 4.22. The molecule has 0 amide bonds. The van der Waals surface area contributed by atoms with Gasteiger partial charge in [-0.05, 0) is 12.3 Å². The lowest BCUT2D eigenvalue weighted by Crippen LogP contribution is -2.52. The number of hydrogen-bond acceptors (Lipinski definition) is 3. The summed E-state index contributed by atoms with van der Waals surface area (Å²) in [5.74, 6) is -1.42. The number of hydrogen-bond donors (Lipinski definition) is 0. The summed E-state index contributed by atoms with van der Waals surface area (Å²) < 4.78 is 50.8. The molecule has 0 bridgehead atoms. The Morgan fingerprint density at radius 2 is 1.76 bits per heavy atom. The molecule has 0 spiro atoms. The summed E-state index contributed by atoms with van der Waals surface area (Å²) in [5.41, 5.74) is -3.39. The Bertz CT molecular complexity index is 516. The fourth-order valence-corrected chi connectivity index (χ4v) is 2.71. The molecular weight excluding hydrogens is 333 g/mol. The van der Waals surface area contributed by atoms with E-state index in [1.54, 1.807) is 6.07 Å². The SMILES string of the molecule is CCCCCC[C@H](C)COC(=O)[C@](OC)(c1ccccc1)C(F)(F)F. The molecule has 6 heteroatoms. The minimum atomic E-state index is -4.93. The van der Waals surface area contributed by atoms with Crippen LogP contribution in [0, 0.1) is 5.92 Å². The number of benzene rings is 1. The smallest absolute Gasteiger partial charge is 0.432 e. The fourth-order valence-electron chi connectivity index (χ4n) is 2.71. The molecule has 0 saturated heterocycles. The lowest BCUT2D eigenvalue weighted by Gasteiger charge is -2.32. The highest BCUT2D eigenvalue weighted by Gasteiger charge is 2.64. The average molecular weight is 360 g/mol. The summed E-state index contributed by atoms with van der Waals surface area (Å²) in [6.07, 6.45) is 0.169. The molecule has 0 heterocycles. The van der Waals surface area contributed by atoms with Gasteiger partial charge in [-0.25, -0.2) is 4.79 Å². The van der Waals surface area contributed by atoms with Crippen LogP contribution in [0.15, 0.2) is 30.3 Å². The number of halogens is 3. The quantitative estimate of drug-likeness (QED) is 0.423. The molecule has 142 valence electrons. The molecule has 1 rings (SSSR count). The van der Waals surface area contributed by atoms with E-state index in [0.717, 1.165) is 39.2 Å². The van der Waals surface area contributed by atoms with Crippen molar-refractivity contribution >= 4 is 5.97 Å². The lowest BCUT2D eigenvalue weighted by atomic mass is 9.92. The van der Waals surface area contributed by atoms with Gasteiger partial charge in [0, 0.05) is 12.7 Å². The van der Waals surface area contributed by atoms with Gasteiger partial charge in [0.1, 0.15) is 0 Å². The summed E-state index contributed by atoms with van der Waals surface area (Å²) in [4.78, 5) is 12.4. The first-order chi connectivity index (χ1) is 11.8. The number of ether oxygens (including phenoxy) is 2. The van der Waals surface area contributed by atoms with Crippen LogP contribution in [0.1, 0.15) is 51.5 Å². The number of unbranched alkanes of at least 4 members (excludes halogenated alkanes) is 3. The van der Waals surface area contributed by atoms with Crippen LogP contribution >= 0.6 is 0 Å². The van der Waals surface area contributed by atoms with Crippen molar-refractivity contribution in [3.8, 4) is 0 Å². The van der Waals surface area contributed by atoms with Gasteiger partial charge < -0.3 is 9.47 Å². The molecule has 1 aromatic carbocycles. The molecule has 0 unspecified atom stereocenters. The van der Waals surface area contributed by atoms with Gasteiger partial charge in [-0.3, -0.25) is 0 Å². The minimum absolute atomic E-state index is 0.000584. The maximum atomic E-state index is 13.7. The Labute approximate surface area is 147 Å². The molecule has 25 heavy (non-hydrogen) atoms. The van der Waals surface area contributed by atoms with Crippen LogP contribution in [-0.2, 0) is 19.9 Å². The van der Waals surface area contributed by atoms with Gasteiger partial charge in [-0.2, -0.15) is 13.2 Å². The molecule has 0 radical (unpaired) electrons. The van der Waals surface area contributed by atoms with E-state index in [1.165, 1.54) is 24.3 Å². The Kier molecular flexibility index (Phi) is 8.42. The molecular formula is C19H27F3O3. The number of rotatable bonds is 10. The van der Waals surface area contributed by atoms with Crippen LogP contribution in [0.2, 0.25) is 0 Å². The van der Waals surface area contributed by atoms with Crippen molar-refractivity contribution in [2.24, 2.45) is 5.92 Å². The second-order valence-corrected chi connectivity index (χ2v) is 6.30. The maximum absolute atomic E-state index is 13.7. The molecule has 0 N–H and O–H groups in total. The van der Waals surface area contributed by atoms with Crippen molar-refractivity contribution in [2.75, 3.05) is 13.7 Å². The third-order valence-electron chi connectivity index (χ3n) is 4.22. The van der Waals surface area contributed by atoms with Crippen LogP contribution in [-0.4, -0.2) is 25.9 Å². The predicted octanol–water partition coefficient (Wildman–Crippen LogP) is 5.24. The Morgan fingerprint density at radius 3 is 2.28 bits per heavy atom. The van der Waals surface area contributed by atoms with Crippen molar-refractivity contribution in [1.29, 1.82) is 0 Å². The first-order valence-electron chi connectivity index (χ1n) is 8.64. The first kappa shape index (κ1) is 21.5. The Balaban J connectivity index is 2.82. The number of esters is 1. The van der Waals surface area contributed by atoms with Crippen molar-refractivity contribution in [3.63, 3.8) is 0 Å². The third kappa shape index (κ3) is 5.46. The van der Waals surface area contributed by atoms with E-state index < -0.39 is 17.7 Å². The zero-order valence-corrected chi connectivity index (χ0v) is 15.1. The molecule has 0 saturated carbocycles. The zero-order chi connectivity index (χ0) is 18.9. The van der Waals surface area contributed by atoms with E-state index in [-0.39, 0.29) is 18.1 Å². The topological polar surface area (TPSA) is 35.5 Å². The van der Waals surface area contributed by atoms with Crippen molar-refractivity contribution in [3.05, 3.63) is 35.9 Å². The summed E-state index contributed by atoms with van der Waals surface area (Å²) in [6, 6.07) is 6.86. The summed E-state index contributed by atoms with van der Waals surface area (Å²) in [7, 11) is 0.871. The van der Waals surface area contributed by atoms with Crippen molar-refractivity contribution in [1.82, 2.24) is 0 Å². The van der Waals surface area contributed by atoms with E-state index in [9.17, 15) is 18.0 Å². The number of carbonyl (C=O) groups is 1. The number of carbonyl (C=O) groups excluding carboxylic acids is 1. The molecule has 2 atom stereocenters. The fraction of sp³-hybridized carbons (Fsp3) is 0.632. The molecule has 0 aliphatic heterocycles. The largest absolute Gasteiger partial charge is 0.463 e. The highest BCUT2D eigenvalue weighted by molar-refractivity contribution is 5.82. The molecule has 1 aromatic rings. The maximum Gasteiger partial charge on any atom is 0.432 e. The summed E-state index contributed by atoms with van der Waals surface area (Å²) in [6.45, 7) is 3.92. The Hall–Kier alpha value is -1.56. The standard InChI is InChI=1S/C19H27F3O3/c1-4-5-6-8-11-15(2)14-25-17(23)18(24-3,19(20,21)22)16-12-9-7-10-13-16/h7,9-10,12-13,15H,4-6,8,11,14H2,1-3H3/t15-,18+/m0/s1. The van der Waals surface area contributed by atoms with Gasteiger partial charge in [0.25, 0.3) is 5.60 Å². The van der Waals surface area contributed by atoms with E-state index in [2.05, 4.69) is 6.92 Å². The van der Waals surface area contributed by atoms with Crippen molar-refractivity contribution < 1.29 is 27.4 Å². The zero-order valence-electron chi connectivity index (χ0n) is 15.1. The molecule has 0 aliphatic carbocycles. The van der Waals surface area contributed by atoms with Gasteiger partial charge in [-0.15, -0.1) is 0 Å². The van der Waals surface area contributed by atoms with Crippen molar-refractivity contribution in [2.45, 2.75) is 57.7 Å². The Morgan fingerprint density at radius 1 is 1.12 bits per heavy atom. The summed E-state index contributed by atoms with van der Waals surface area (Å²) >= 11 is 0. The molecule has 3 nitrogen and oxygen atoms in total. The lowest BCUT2D eigenvalue weighted by molar-refractivity contribution is -0.276. The summed E-state index contributed by atoms with van der Waals surface area (Å²) in [5, 5.41) is 0. The monoisotopic (exact) mass is 360 g/mol. The highest BCUT2D eigenvalue weighted by Crippen LogP contribution is 2.43. The molecule has 0 aromatic heterocycles. The minimum Gasteiger partial charge on any atom is -0.463 e. The van der Waals surface area contributed by atoms with Gasteiger partial charge in [0.05, 0.1) is 6.61 Å². The van der Waals surface area contributed by atoms with Crippen LogP contribution in [0.3, 0.4) is 0 Å². The number of methoxy groups -OCH3 is 1. The predicted molar refractivity (Wildman–Crippen MR) is 90.1 cm³/mol. The van der Waals surface area contributed by atoms with Crippen LogP contribution in [0.25, 0.3) is 0 Å². The van der Waals surface area contributed by atoms with Gasteiger partial charge in [0.2, 0.25) is 0 Å². The average Bonchev–Trinajstić information content (AvgIpc) is 2.57. The van der Waals surface area contributed by atoms with Gasteiger partial charge >= 0.3 is 12.1 Å². The normalized spacial score (nSPS) is 15.4. The second kappa shape index (κ2) is 9.80. The van der Waals surface area contributed by atoms with Gasteiger partial charge in [-0.1, -0.05) is 69.9 Å². The van der Waals surface area contributed by atoms with E-state index in [4.69, 9.17) is 9.47 Å². The second-order valence-electron chi connectivity index (χ2n) is 6.30. The first-order valence-corrected chi connectivity index (χ1v) is 8.64. The van der Waals surface area contributed by atoms with E-state index in [1.807, 2.05) is 6.92 Å². The molecule has 0 aliphatic rings. The van der Waals surface area contributed by atoms with Gasteiger partial charge in [0.15, 0.2) is 0 Å². The van der Waals surface area contributed by atoms with Crippen LogP contribution in [0.4, 0.5) is 13.2 Å². The molecule has 0 fully saturated rings.